The number of amides is 1. The van der Waals surface area contributed by atoms with Crippen molar-refractivity contribution in [2.45, 2.75) is 38.8 Å². The minimum absolute atomic E-state index is 0.0493. The third-order valence-electron chi connectivity index (χ3n) is 5.04. The van der Waals surface area contributed by atoms with Gasteiger partial charge in [0.1, 0.15) is 5.69 Å². The van der Waals surface area contributed by atoms with Crippen LogP contribution in [0.3, 0.4) is 0 Å². The molecule has 2 heterocycles. The maximum Gasteiger partial charge on any atom is 0.270 e. The lowest BCUT2D eigenvalue weighted by atomic mass is 10.0. The van der Waals surface area contributed by atoms with Gasteiger partial charge >= 0.3 is 0 Å². The van der Waals surface area contributed by atoms with E-state index in [4.69, 9.17) is 0 Å². The molecule has 0 saturated heterocycles. The Bertz CT molecular complexity index is 822. The number of benzene rings is 1. The van der Waals surface area contributed by atoms with E-state index in [1.165, 1.54) is 16.7 Å². The van der Waals surface area contributed by atoms with Gasteiger partial charge in [0.25, 0.3) is 5.91 Å². The minimum atomic E-state index is -0.0493. The summed E-state index contributed by atoms with van der Waals surface area (Å²) in [4.78, 5) is 19.2. The Morgan fingerprint density at radius 2 is 2.00 bits per heavy atom. The van der Waals surface area contributed by atoms with Crippen molar-refractivity contribution < 1.29 is 4.79 Å². The van der Waals surface area contributed by atoms with E-state index < -0.39 is 0 Å². The van der Waals surface area contributed by atoms with Crippen LogP contribution in [0.1, 0.15) is 46.6 Å². The molecule has 1 aliphatic heterocycles. The first-order chi connectivity index (χ1) is 12.7. The third kappa shape index (κ3) is 4.20. The zero-order valence-electron chi connectivity index (χ0n) is 15.2. The maximum atomic E-state index is 12.2. The smallest absolute Gasteiger partial charge is 0.270 e. The summed E-state index contributed by atoms with van der Waals surface area (Å²) >= 11 is 0. The van der Waals surface area contributed by atoms with Gasteiger partial charge in [0, 0.05) is 25.7 Å². The van der Waals surface area contributed by atoms with Gasteiger partial charge in [0.05, 0.1) is 5.69 Å². The summed E-state index contributed by atoms with van der Waals surface area (Å²) in [5.74, 6) is -0.0493. The van der Waals surface area contributed by atoms with Gasteiger partial charge in [0.15, 0.2) is 0 Å². The van der Waals surface area contributed by atoms with Gasteiger partial charge in [0.2, 0.25) is 0 Å². The summed E-state index contributed by atoms with van der Waals surface area (Å²) in [6.45, 7) is 5.02. The van der Waals surface area contributed by atoms with E-state index in [0.717, 1.165) is 44.6 Å². The van der Waals surface area contributed by atoms with Crippen molar-refractivity contribution in [3.63, 3.8) is 0 Å². The van der Waals surface area contributed by atoms with Gasteiger partial charge < -0.3 is 5.32 Å². The van der Waals surface area contributed by atoms with E-state index in [-0.39, 0.29) is 5.91 Å². The molecule has 4 nitrogen and oxygen atoms in total. The van der Waals surface area contributed by atoms with Gasteiger partial charge in [-0.3, -0.25) is 9.69 Å². The summed E-state index contributed by atoms with van der Waals surface area (Å²) in [7, 11) is 0. The maximum absolute atomic E-state index is 12.2. The molecule has 4 rings (SSSR count). The summed E-state index contributed by atoms with van der Waals surface area (Å²) in [5.41, 5.74) is 5.35. The summed E-state index contributed by atoms with van der Waals surface area (Å²) < 4.78 is 0. The average Bonchev–Trinajstić information content (AvgIpc) is 3.48. The topological polar surface area (TPSA) is 45.2 Å². The van der Waals surface area contributed by atoms with Gasteiger partial charge in [-0.1, -0.05) is 42.0 Å². The monoisotopic (exact) mass is 347 g/mol. The van der Waals surface area contributed by atoms with Gasteiger partial charge in [-0.15, -0.1) is 0 Å². The van der Waals surface area contributed by atoms with Crippen molar-refractivity contribution in [3.05, 3.63) is 71.1 Å². The van der Waals surface area contributed by atoms with E-state index in [0.29, 0.717) is 11.7 Å². The third-order valence-corrected chi connectivity index (χ3v) is 5.04. The van der Waals surface area contributed by atoms with Crippen molar-refractivity contribution in [2.75, 3.05) is 13.1 Å². The van der Waals surface area contributed by atoms with Gasteiger partial charge in [-0.2, -0.15) is 0 Å². The number of hydrogen-bond acceptors (Lipinski definition) is 3. The van der Waals surface area contributed by atoms with Crippen molar-refractivity contribution >= 4 is 11.5 Å². The fourth-order valence-electron chi connectivity index (χ4n) is 3.27. The number of hydrogen-bond donors (Lipinski definition) is 1. The van der Waals surface area contributed by atoms with Crippen molar-refractivity contribution in [1.29, 1.82) is 0 Å². The Morgan fingerprint density at radius 1 is 1.19 bits per heavy atom. The highest BCUT2D eigenvalue weighted by molar-refractivity contribution is 5.93. The molecule has 1 aliphatic carbocycles. The number of carbonyl (C=O) groups excluding carboxylic acids is 1. The van der Waals surface area contributed by atoms with E-state index in [1.54, 1.807) is 6.07 Å². The Kier molecular flexibility index (Phi) is 4.85. The summed E-state index contributed by atoms with van der Waals surface area (Å²) in [5, 5.41) is 3.01. The number of nitrogens with one attached hydrogen (secondary N) is 1. The average molecular weight is 347 g/mol. The second kappa shape index (κ2) is 7.42. The second-order valence-corrected chi connectivity index (χ2v) is 7.36. The predicted molar refractivity (Wildman–Crippen MR) is 104 cm³/mol. The Morgan fingerprint density at radius 3 is 2.69 bits per heavy atom. The lowest BCUT2D eigenvalue weighted by Crippen LogP contribution is -2.28. The molecule has 1 amide bonds. The SMILES string of the molecule is Cc1ccc(CN2CC=C(c3cccc(C(=O)NC4CC4)n3)CC2)cc1. The Labute approximate surface area is 154 Å². The van der Waals surface area contributed by atoms with Crippen LogP contribution in [-0.2, 0) is 6.54 Å². The standard InChI is InChI=1S/C22H25N3O/c1-16-5-7-17(8-6-16)15-25-13-11-18(12-14-25)20-3-2-4-21(24-20)22(26)23-19-9-10-19/h2-8,11,19H,9-10,12-15H2,1H3,(H,23,26). The van der Waals surface area contributed by atoms with Crippen LogP contribution in [0.5, 0.6) is 0 Å². The van der Waals surface area contributed by atoms with Gasteiger partial charge in [-0.25, -0.2) is 4.98 Å². The number of aryl methyl sites for hydroxylation is 1. The van der Waals surface area contributed by atoms with Crippen LogP contribution >= 0.6 is 0 Å². The van der Waals surface area contributed by atoms with Crippen LogP contribution in [0.25, 0.3) is 5.57 Å². The first kappa shape index (κ1) is 17.0. The molecule has 134 valence electrons. The molecular formula is C22H25N3O. The molecule has 1 fully saturated rings. The van der Waals surface area contributed by atoms with Crippen molar-refractivity contribution in [3.8, 4) is 0 Å². The zero-order chi connectivity index (χ0) is 17.9. The zero-order valence-corrected chi connectivity index (χ0v) is 15.2. The van der Waals surface area contributed by atoms with Crippen LogP contribution in [0.15, 0.2) is 48.5 Å². The molecule has 4 heteroatoms. The van der Waals surface area contributed by atoms with Crippen LogP contribution < -0.4 is 5.32 Å². The van der Waals surface area contributed by atoms with E-state index in [1.807, 2.05) is 12.1 Å². The van der Waals surface area contributed by atoms with E-state index in [2.05, 4.69) is 52.5 Å². The highest BCUT2D eigenvalue weighted by Crippen LogP contribution is 2.23. The number of carbonyl (C=O) groups is 1. The fourth-order valence-corrected chi connectivity index (χ4v) is 3.27. The fraction of sp³-hybridized carbons (Fsp3) is 0.364. The first-order valence-electron chi connectivity index (χ1n) is 9.42. The van der Waals surface area contributed by atoms with Gasteiger partial charge in [-0.05, 0) is 49.5 Å². The molecule has 1 aromatic heterocycles. The molecule has 0 radical (unpaired) electrons. The lowest BCUT2D eigenvalue weighted by molar-refractivity contribution is 0.0946. The molecule has 0 bridgehead atoms. The molecule has 26 heavy (non-hydrogen) atoms. The van der Waals surface area contributed by atoms with E-state index >= 15 is 0 Å². The molecule has 1 aromatic carbocycles. The molecule has 0 unspecified atom stereocenters. The highest BCUT2D eigenvalue weighted by Gasteiger charge is 2.24. The molecule has 2 aliphatic rings. The molecule has 0 atom stereocenters. The number of aromatic nitrogens is 1. The number of nitrogens with zero attached hydrogens (tertiary/aromatic N) is 2. The molecule has 1 N–H and O–H groups in total. The van der Waals surface area contributed by atoms with Crippen LogP contribution in [0, 0.1) is 6.92 Å². The van der Waals surface area contributed by atoms with Crippen molar-refractivity contribution in [1.82, 2.24) is 15.2 Å². The molecule has 0 spiro atoms. The Hall–Kier alpha value is -2.46. The number of pyridine rings is 1. The van der Waals surface area contributed by atoms with Crippen LogP contribution in [0.4, 0.5) is 0 Å². The highest BCUT2D eigenvalue weighted by atomic mass is 16.2. The predicted octanol–water partition coefficient (Wildman–Crippen LogP) is 3.57. The van der Waals surface area contributed by atoms with E-state index in [9.17, 15) is 4.79 Å². The van der Waals surface area contributed by atoms with Crippen molar-refractivity contribution in [2.24, 2.45) is 0 Å². The minimum Gasteiger partial charge on any atom is -0.348 e. The summed E-state index contributed by atoms with van der Waals surface area (Å²) in [6.07, 6.45) is 5.40. The number of rotatable bonds is 5. The Balaban J connectivity index is 1.40. The quantitative estimate of drug-likeness (QED) is 0.899. The normalized spacial score (nSPS) is 17.7. The van der Waals surface area contributed by atoms with Crippen LogP contribution in [0.2, 0.25) is 0 Å². The van der Waals surface area contributed by atoms with Crippen LogP contribution in [-0.4, -0.2) is 34.9 Å². The lowest BCUT2D eigenvalue weighted by Gasteiger charge is -2.26. The first-order valence-corrected chi connectivity index (χ1v) is 9.42. The largest absolute Gasteiger partial charge is 0.348 e. The molecule has 2 aromatic rings. The second-order valence-electron chi connectivity index (χ2n) is 7.36. The molecule has 1 saturated carbocycles. The summed E-state index contributed by atoms with van der Waals surface area (Å²) in [6, 6.07) is 14.9. The molecular weight excluding hydrogens is 322 g/mol.